The molecule has 1 heteroatoms. The van der Waals surface area contributed by atoms with E-state index in [-0.39, 0.29) is 0 Å². The monoisotopic (exact) mass is 236 g/mol. The molecule has 0 aliphatic carbocycles. The molecule has 0 bridgehead atoms. The molecule has 0 radical (unpaired) electrons. The van der Waals surface area contributed by atoms with Gasteiger partial charge in [-0.15, -0.1) is 0 Å². The van der Waals surface area contributed by atoms with Gasteiger partial charge in [-0.1, -0.05) is 0 Å². The molecular formula is C8H20Sn. The molecule has 56 valence electrons. The van der Waals surface area contributed by atoms with Crippen molar-refractivity contribution < 1.29 is 0 Å². The van der Waals surface area contributed by atoms with Crippen LogP contribution in [0.25, 0.3) is 0 Å². The first kappa shape index (κ1) is 9.80. The van der Waals surface area contributed by atoms with E-state index in [0.717, 1.165) is 22.5 Å². The van der Waals surface area contributed by atoms with Crippen molar-refractivity contribution in [2.45, 2.75) is 49.9 Å². The van der Waals surface area contributed by atoms with Crippen LogP contribution in [0.3, 0.4) is 0 Å². The van der Waals surface area contributed by atoms with Crippen molar-refractivity contribution in [1.29, 1.82) is 0 Å². The van der Waals surface area contributed by atoms with Crippen LogP contribution in [0.2, 0.25) is 4.44 Å². The van der Waals surface area contributed by atoms with E-state index in [2.05, 4.69) is 6.92 Å². The maximum absolute atomic E-state index is 2.27. The van der Waals surface area contributed by atoms with E-state index in [9.17, 15) is 0 Å². The fourth-order valence-electron chi connectivity index (χ4n) is 1.03. The van der Waals surface area contributed by atoms with E-state index in [1.54, 1.807) is 4.44 Å². The third-order valence-electron chi connectivity index (χ3n) is 1.71. The van der Waals surface area contributed by atoms with Crippen molar-refractivity contribution in [2.24, 2.45) is 0 Å². The topological polar surface area (TPSA) is 0 Å². The standard InChI is InChI=1S/C8H17.Sn.3H/c1-3-5-7-8-6-4-2;;;;/h1,3-8H2,2H3;;;;. The van der Waals surface area contributed by atoms with Crippen LogP contribution in [0.1, 0.15) is 45.4 Å². The van der Waals surface area contributed by atoms with Gasteiger partial charge in [-0.25, -0.2) is 0 Å². The van der Waals surface area contributed by atoms with Crippen molar-refractivity contribution in [3.05, 3.63) is 0 Å². The van der Waals surface area contributed by atoms with Crippen LogP contribution in [0.5, 0.6) is 0 Å². The first-order valence-electron chi connectivity index (χ1n) is 4.41. The molecule has 0 saturated heterocycles. The summed E-state index contributed by atoms with van der Waals surface area (Å²) >= 11 is 0.970. The summed E-state index contributed by atoms with van der Waals surface area (Å²) in [5.74, 6) is 0. The second-order valence-corrected chi connectivity index (χ2v) is 5.62. The quantitative estimate of drug-likeness (QED) is 0.488. The fraction of sp³-hybridized carbons (Fsp3) is 1.00. The third kappa shape index (κ3) is 8.80. The van der Waals surface area contributed by atoms with Gasteiger partial charge >= 0.3 is 72.4 Å². The molecule has 0 spiro atoms. The molecule has 0 aliphatic heterocycles. The molecule has 0 saturated carbocycles. The first-order valence-corrected chi connectivity index (χ1v) is 8.45. The molecule has 0 aliphatic rings. The summed E-state index contributed by atoms with van der Waals surface area (Å²) in [5, 5.41) is 0. The Morgan fingerprint density at radius 2 is 1.44 bits per heavy atom. The molecule has 0 aromatic heterocycles. The van der Waals surface area contributed by atoms with Crippen molar-refractivity contribution in [2.75, 3.05) is 0 Å². The van der Waals surface area contributed by atoms with Crippen LogP contribution in [0.15, 0.2) is 0 Å². The Balaban J connectivity index is 2.60. The van der Waals surface area contributed by atoms with E-state index in [1.807, 2.05) is 0 Å². The van der Waals surface area contributed by atoms with E-state index >= 15 is 0 Å². The Bertz CT molecular complexity index is 37.8. The Kier molecular flexibility index (Phi) is 9.58. The van der Waals surface area contributed by atoms with Gasteiger partial charge in [0.25, 0.3) is 0 Å². The van der Waals surface area contributed by atoms with E-state index in [1.165, 1.54) is 38.5 Å². The van der Waals surface area contributed by atoms with Crippen LogP contribution in [0.4, 0.5) is 0 Å². The van der Waals surface area contributed by atoms with Crippen molar-refractivity contribution in [3.8, 4) is 0 Å². The Hall–Kier alpha value is 0.799. The molecule has 0 fully saturated rings. The van der Waals surface area contributed by atoms with Crippen molar-refractivity contribution in [1.82, 2.24) is 0 Å². The summed E-state index contributed by atoms with van der Waals surface area (Å²) in [4.78, 5) is 0. The van der Waals surface area contributed by atoms with Crippen LogP contribution >= 0.6 is 0 Å². The van der Waals surface area contributed by atoms with Crippen molar-refractivity contribution in [3.63, 3.8) is 0 Å². The van der Waals surface area contributed by atoms with Gasteiger partial charge in [-0.2, -0.15) is 0 Å². The summed E-state index contributed by atoms with van der Waals surface area (Å²) in [6.45, 7) is 2.27. The van der Waals surface area contributed by atoms with Gasteiger partial charge in [0.05, 0.1) is 0 Å². The number of hydrogen-bond donors (Lipinski definition) is 0. The predicted molar refractivity (Wildman–Crippen MR) is 48.1 cm³/mol. The first-order chi connectivity index (χ1) is 4.41. The molecule has 0 unspecified atom stereocenters. The molecule has 0 nitrogen and oxygen atoms in total. The number of hydrogen-bond acceptors (Lipinski definition) is 0. The zero-order valence-electron chi connectivity index (χ0n) is 6.95. The SMILES string of the molecule is CCCCCCC[CH2][SnH3]. The normalized spacial score (nSPS) is 10.3. The van der Waals surface area contributed by atoms with Crippen LogP contribution in [-0.2, 0) is 0 Å². The molecule has 0 atom stereocenters. The Morgan fingerprint density at radius 3 is 2.00 bits per heavy atom. The molecule has 0 heterocycles. The second kappa shape index (κ2) is 8.80. The van der Waals surface area contributed by atoms with Crippen LogP contribution < -0.4 is 0 Å². The van der Waals surface area contributed by atoms with Crippen molar-refractivity contribution >= 4 is 22.5 Å². The summed E-state index contributed by atoms with van der Waals surface area (Å²) in [6, 6.07) is 0. The fourth-order valence-corrected chi connectivity index (χ4v) is 2.46. The van der Waals surface area contributed by atoms with Gasteiger partial charge in [0, 0.05) is 0 Å². The number of unbranched alkanes of at least 4 members (excludes halogenated alkanes) is 5. The minimum absolute atomic E-state index is 0.970. The average molecular weight is 235 g/mol. The van der Waals surface area contributed by atoms with Crippen LogP contribution in [0, 0.1) is 0 Å². The van der Waals surface area contributed by atoms with Gasteiger partial charge in [0.15, 0.2) is 0 Å². The predicted octanol–water partition coefficient (Wildman–Crippen LogP) is 2.13. The summed E-state index contributed by atoms with van der Waals surface area (Å²) in [5.41, 5.74) is 0. The Morgan fingerprint density at radius 1 is 0.889 bits per heavy atom. The zero-order valence-corrected chi connectivity index (χ0v) is 12.7. The van der Waals surface area contributed by atoms with E-state index in [4.69, 9.17) is 0 Å². The summed E-state index contributed by atoms with van der Waals surface area (Å²) in [6.07, 6.45) is 8.84. The average Bonchev–Trinajstić information content (AvgIpc) is 1.89. The summed E-state index contributed by atoms with van der Waals surface area (Å²) < 4.78 is 1.58. The van der Waals surface area contributed by atoms with E-state index in [0.29, 0.717) is 0 Å². The maximum atomic E-state index is 2.27. The molecule has 0 N–H and O–H groups in total. The van der Waals surface area contributed by atoms with E-state index < -0.39 is 0 Å². The van der Waals surface area contributed by atoms with Gasteiger partial charge in [-0.3, -0.25) is 0 Å². The Labute approximate surface area is 72.5 Å². The zero-order chi connectivity index (χ0) is 6.95. The molecule has 9 heavy (non-hydrogen) atoms. The minimum atomic E-state index is 0.970. The number of rotatable bonds is 6. The summed E-state index contributed by atoms with van der Waals surface area (Å²) in [7, 11) is 0. The van der Waals surface area contributed by atoms with Gasteiger partial charge in [0.2, 0.25) is 0 Å². The molecule has 0 aromatic carbocycles. The molecule has 0 amide bonds. The third-order valence-corrected chi connectivity index (χ3v) is 3.73. The van der Waals surface area contributed by atoms with Gasteiger partial charge in [0.1, 0.15) is 0 Å². The van der Waals surface area contributed by atoms with Crippen LogP contribution in [-0.4, -0.2) is 22.5 Å². The molecule has 0 rings (SSSR count). The molecule has 0 aromatic rings. The van der Waals surface area contributed by atoms with Gasteiger partial charge < -0.3 is 0 Å². The van der Waals surface area contributed by atoms with Gasteiger partial charge in [-0.05, 0) is 0 Å². The second-order valence-electron chi connectivity index (χ2n) is 2.77. The molecular weight excluding hydrogens is 215 g/mol.